The van der Waals surface area contributed by atoms with Gasteiger partial charge in [-0.1, -0.05) is 26.7 Å². The average molecular weight is 413 g/mol. The van der Waals surface area contributed by atoms with Crippen molar-refractivity contribution in [3.05, 3.63) is 21.9 Å². The summed E-state index contributed by atoms with van der Waals surface area (Å²) in [7, 11) is 1.73. The number of aryl methyl sites for hydroxylation is 2. The molecule has 152 valence electrons. The minimum Gasteiger partial charge on any atom is -0.466 e. The van der Waals surface area contributed by atoms with E-state index in [2.05, 4.69) is 26.0 Å². The molecule has 0 radical (unpaired) electrons. The molecule has 0 unspecified atom stereocenters. The zero-order chi connectivity index (χ0) is 19.9. The smallest absolute Gasteiger partial charge is 0.306 e. The van der Waals surface area contributed by atoms with Gasteiger partial charge in [-0.25, -0.2) is 0 Å². The molecule has 0 bridgehead atoms. The Kier molecular flexibility index (Phi) is 13.0. The summed E-state index contributed by atoms with van der Waals surface area (Å²) in [6, 6.07) is 4.33. The van der Waals surface area contributed by atoms with Gasteiger partial charge in [0.15, 0.2) is 0 Å². The summed E-state index contributed by atoms with van der Waals surface area (Å²) < 4.78 is 12.5. The first kappa shape index (κ1) is 23.8. The van der Waals surface area contributed by atoms with Gasteiger partial charge in [0.2, 0.25) is 0 Å². The first-order chi connectivity index (χ1) is 13.1. The molecule has 6 heteroatoms. The number of esters is 1. The lowest BCUT2D eigenvalue weighted by Gasteiger charge is -2.02. The van der Waals surface area contributed by atoms with Crippen molar-refractivity contribution < 1.29 is 19.1 Å². The molecule has 2 heterocycles. The van der Waals surface area contributed by atoms with Crippen LogP contribution in [0.2, 0.25) is 0 Å². The topological polar surface area (TPSA) is 52.6 Å². The summed E-state index contributed by atoms with van der Waals surface area (Å²) in [6.07, 6.45) is 7.98. The largest absolute Gasteiger partial charge is 0.466 e. The number of aldehydes is 1. The highest BCUT2D eigenvalue weighted by Crippen LogP contribution is 2.34. The Hall–Kier alpha value is -1.24. The maximum atomic E-state index is 11.6. The van der Waals surface area contributed by atoms with Gasteiger partial charge >= 0.3 is 5.97 Å². The molecule has 4 nitrogen and oxygen atoms in total. The molecule has 2 aromatic heterocycles. The predicted molar refractivity (Wildman–Crippen MR) is 115 cm³/mol. The molecule has 0 aromatic carbocycles. The summed E-state index contributed by atoms with van der Waals surface area (Å²) >= 11 is 3.48. The molecule has 0 aliphatic carbocycles. The van der Waals surface area contributed by atoms with Crippen LogP contribution in [-0.2, 0) is 31.9 Å². The summed E-state index contributed by atoms with van der Waals surface area (Å²) in [5.41, 5.74) is 0. The number of thiophene rings is 2. The van der Waals surface area contributed by atoms with Crippen molar-refractivity contribution in [2.24, 2.45) is 0 Å². The van der Waals surface area contributed by atoms with Gasteiger partial charge in [-0.15, -0.1) is 22.7 Å². The fourth-order valence-electron chi connectivity index (χ4n) is 2.30. The number of carbonyl (C=O) groups is 2. The molecule has 2 rings (SSSR count). The maximum Gasteiger partial charge on any atom is 0.306 e. The zero-order valence-corrected chi connectivity index (χ0v) is 18.4. The van der Waals surface area contributed by atoms with Crippen LogP contribution in [0.1, 0.15) is 62.1 Å². The second kappa shape index (κ2) is 14.8. The summed E-state index contributed by atoms with van der Waals surface area (Å²) in [5.74, 6) is -0.105. The Morgan fingerprint density at radius 1 is 1.00 bits per heavy atom. The number of ether oxygens (including phenoxy) is 2. The molecule has 0 aliphatic heterocycles. The molecule has 0 amide bonds. The third-order valence-electron chi connectivity index (χ3n) is 3.86. The van der Waals surface area contributed by atoms with Crippen molar-refractivity contribution in [2.75, 3.05) is 20.3 Å². The van der Waals surface area contributed by atoms with Crippen molar-refractivity contribution >= 4 is 44.3 Å². The van der Waals surface area contributed by atoms with Gasteiger partial charge in [0.05, 0.1) is 13.0 Å². The Morgan fingerprint density at radius 3 is 2.11 bits per heavy atom. The molecule has 2 aromatic rings. The van der Waals surface area contributed by atoms with E-state index in [-0.39, 0.29) is 5.97 Å². The number of rotatable bonds is 12. The molecular weight excluding hydrogens is 380 g/mol. The van der Waals surface area contributed by atoms with E-state index in [9.17, 15) is 9.59 Å². The first-order valence-corrected chi connectivity index (χ1v) is 11.4. The van der Waals surface area contributed by atoms with Crippen molar-refractivity contribution in [1.29, 1.82) is 0 Å². The van der Waals surface area contributed by atoms with E-state index in [0.717, 1.165) is 38.6 Å². The highest BCUT2D eigenvalue weighted by molar-refractivity contribution is 7.27. The van der Waals surface area contributed by atoms with Gasteiger partial charge in [0.25, 0.3) is 0 Å². The second-order valence-corrected chi connectivity index (χ2v) is 8.62. The molecule has 0 saturated heterocycles. The van der Waals surface area contributed by atoms with Crippen LogP contribution in [0.25, 0.3) is 9.40 Å². The van der Waals surface area contributed by atoms with Crippen LogP contribution in [0, 0.1) is 0 Å². The molecule has 0 spiro atoms. The fraction of sp³-hybridized carbons (Fsp3) is 0.619. The zero-order valence-electron chi connectivity index (χ0n) is 16.8. The predicted octanol–water partition coefficient (Wildman–Crippen LogP) is 5.80. The molecule has 0 saturated carbocycles. The van der Waals surface area contributed by atoms with Crippen LogP contribution in [0.15, 0.2) is 12.1 Å². The molecule has 0 atom stereocenters. The standard InChI is InChI=1S/C16H20O3S2.C5H12O/c1-2-3-9-19-16(18)7-6-13-11-15-14(21-13)10-12(20-15)5-4-8-17;1-3-4-5-6-2/h8,10-11H,2-7,9H2,1H3;3-5H2,1-2H3. The number of carbonyl (C=O) groups excluding carboxylic acids is 2. The average Bonchev–Trinajstić information content (AvgIpc) is 3.22. The molecule has 0 N–H and O–H groups in total. The molecule has 0 fully saturated rings. The van der Waals surface area contributed by atoms with E-state index in [4.69, 9.17) is 9.47 Å². The van der Waals surface area contributed by atoms with Gasteiger partial charge in [0, 0.05) is 39.3 Å². The highest BCUT2D eigenvalue weighted by atomic mass is 32.1. The normalized spacial score (nSPS) is 10.5. The van der Waals surface area contributed by atoms with E-state index >= 15 is 0 Å². The second-order valence-electron chi connectivity index (χ2n) is 6.28. The van der Waals surface area contributed by atoms with Gasteiger partial charge in [-0.3, -0.25) is 4.79 Å². The van der Waals surface area contributed by atoms with E-state index in [1.807, 2.05) is 0 Å². The van der Waals surface area contributed by atoms with Crippen LogP contribution in [0.4, 0.5) is 0 Å². The van der Waals surface area contributed by atoms with Crippen LogP contribution in [-0.4, -0.2) is 32.6 Å². The van der Waals surface area contributed by atoms with Gasteiger partial charge in [-0.05, 0) is 37.8 Å². The quantitative estimate of drug-likeness (QED) is 0.251. The Morgan fingerprint density at radius 2 is 1.59 bits per heavy atom. The van der Waals surface area contributed by atoms with Crippen LogP contribution in [0.3, 0.4) is 0 Å². The minimum atomic E-state index is -0.105. The summed E-state index contributed by atoms with van der Waals surface area (Å²) in [6.45, 7) is 5.68. The van der Waals surface area contributed by atoms with Crippen LogP contribution < -0.4 is 0 Å². The van der Waals surface area contributed by atoms with Crippen molar-refractivity contribution in [1.82, 2.24) is 0 Å². The Balaban J connectivity index is 0.000000527. The van der Waals surface area contributed by atoms with Crippen LogP contribution >= 0.6 is 22.7 Å². The van der Waals surface area contributed by atoms with Crippen LogP contribution in [0.5, 0.6) is 0 Å². The number of unbranched alkanes of at least 4 members (excludes halogenated alkanes) is 2. The maximum absolute atomic E-state index is 11.6. The lowest BCUT2D eigenvalue weighted by atomic mass is 10.2. The SMILES string of the molecule is CCCCOC.CCCCOC(=O)CCc1cc2sc(CCC=O)cc2s1. The van der Waals surface area contributed by atoms with Crippen molar-refractivity contribution in [2.45, 2.75) is 65.2 Å². The molecular formula is C21H32O4S2. The number of methoxy groups -OCH3 is 1. The van der Waals surface area contributed by atoms with E-state index in [1.54, 1.807) is 29.8 Å². The first-order valence-electron chi connectivity index (χ1n) is 9.73. The number of hydrogen-bond acceptors (Lipinski definition) is 6. The lowest BCUT2D eigenvalue weighted by Crippen LogP contribution is -2.06. The van der Waals surface area contributed by atoms with Gasteiger partial charge in [-0.2, -0.15) is 0 Å². The summed E-state index contributed by atoms with van der Waals surface area (Å²) in [4.78, 5) is 24.4. The Labute approximate surface area is 170 Å². The number of fused-ring (bicyclic) bond motifs is 1. The minimum absolute atomic E-state index is 0.105. The summed E-state index contributed by atoms with van der Waals surface area (Å²) in [5, 5.41) is 0. The van der Waals surface area contributed by atoms with E-state index in [0.29, 0.717) is 19.4 Å². The monoisotopic (exact) mass is 412 g/mol. The molecule has 0 aliphatic rings. The third-order valence-corrected chi connectivity index (χ3v) is 6.27. The van der Waals surface area contributed by atoms with E-state index in [1.165, 1.54) is 32.0 Å². The molecule has 27 heavy (non-hydrogen) atoms. The van der Waals surface area contributed by atoms with Gasteiger partial charge in [0.1, 0.15) is 6.29 Å². The Bertz CT molecular complexity index is 625. The van der Waals surface area contributed by atoms with Crippen molar-refractivity contribution in [3.63, 3.8) is 0 Å². The number of hydrogen-bond donors (Lipinski definition) is 0. The third kappa shape index (κ3) is 10.0. The van der Waals surface area contributed by atoms with Crippen molar-refractivity contribution in [3.8, 4) is 0 Å². The van der Waals surface area contributed by atoms with E-state index < -0.39 is 0 Å². The van der Waals surface area contributed by atoms with Gasteiger partial charge < -0.3 is 14.3 Å². The fourth-order valence-corrected chi connectivity index (χ4v) is 4.76. The lowest BCUT2D eigenvalue weighted by molar-refractivity contribution is -0.143. The highest BCUT2D eigenvalue weighted by Gasteiger charge is 2.09.